The molecule has 0 aliphatic rings. The Labute approximate surface area is 180 Å². The first-order valence-electron chi connectivity index (χ1n) is 10.5. The Hall–Kier alpha value is -2.22. The van der Waals surface area contributed by atoms with Gasteiger partial charge >= 0.3 is 0 Å². The van der Waals surface area contributed by atoms with Crippen molar-refractivity contribution in [3.8, 4) is 0 Å². The van der Waals surface area contributed by atoms with E-state index in [4.69, 9.17) is 0 Å². The van der Waals surface area contributed by atoms with Gasteiger partial charge in [-0.15, -0.1) is 0 Å². The van der Waals surface area contributed by atoms with Gasteiger partial charge in [-0.2, -0.15) is 4.31 Å². The van der Waals surface area contributed by atoms with Crippen molar-refractivity contribution in [2.75, 3.05) is 25.0 Å². The number of amides is 1. The van der Waals surface area contributed by atoms with Crippen LogP contribution < -0.4 is 10.6 Å². The standard InChI is InChI=1S/C23H33N3O3S/c1-6-19-11-9-10-17(4)23(19)25-22(27)16-24-18(5)20-12-14-21(15-13-20)30(28,29)26(7-2)8-3/h9-15,18,24H,6-8,16H2,1-5H3,(H,25,27)/t18-/m1/s1. The molecule has 0 radical (unpaired) electrons. The molecule has 0 aromatic heterocycles. The van der Waals surface area contributed by atoms with Gasteiger partial charge in [-0.3, -0.25) is 4.79 Å². The highest BCUT2D eigenvalue weighted by Crippen LogP contribution is 2.21. The number of hydrogen-bond donors (Lipinski definition) is 2. The average molecular weight is 432 g/mol. The van der Waals surface area contributed by atoms with Gasteiger partial charge in [-0.25, -0.2) is 8.42 Å². The smallest absolute Gasteiger partial charge is 0.243 e. The summed E-state index contributed by atoms with van der Waals surface area (Å²) in [6.45, 7) is 10.7. The zero-order chi connectivity index (χ0) is 22.3. The quantitative estimate of drug-likeness (QED) is 0.598. The van der Waals surface area contributed by atoms with Crippen LogP contribution in [-0.4, -0.2) is 38.3 Å². The Balaban J connectivity index is 2.00. The van der Waals surface area contributed by atoms with Gasteiger partial charge in [0.1, 0.15) is 0 Å². The number of nitrogens with zero attached hydrogens (tertiary/aromatic N) is 1. The fraction of sp³-hybridized carbons (Fsp3) is 0.435. The van der Waals surface area contributed by atoms with E-state index in [1.807, 2.05) is 45.9 Å². The third-order valence-electron chi connectivity index (χ3n) is 5.30. The molecule has 7 heteroatoms. The summed E-state index contributed by atoms with van der Waals surface area (Å²) < 4.78 is 26.6. The summed E-state index contributed by atoms with van der Waals surface area (Å²) in [6, 6.07) is 12.7. The normalized spacial score (nSPS) is 12.7. The first-order valence-corrected chi connectivity index (χ1v) is 11.9. The van der Waals surface area contributed by atoms with Crippen LogP contribution in [0.1, 0.15) is 50.4 Å². The molecule has 0 saturated heterocycles. The molecule has 0 unspecified atom stereocenters. The van der Waals surface area contributed by atoms with Gasteiger partial charge in [0, 0.05) is 24.8 Å². The lowest BCUT2D eigenvalue weighted by Crippen LogP contribution is -2.31. The first kappa shape index (κ1) is 24.1. The Morgan fingerprint density at radius 2 is 1.67 bits per heavy atom. The van der Waals surface area contributed by atoms with E-state index in [-0.39, 0.29) is 23.4 Å². The third kappa shape index (κ3) is 5.68. The Morgan fingerprint density at radius 1 is 1.03 bits per heavy atom. The van der Waals surface area contributed by atoms with Crippen molar-refractivity contribution in [2.45, 2.75) is 52.0 Å². The molecule has 30 heavy (non-hydrogen) atoms. The van der Waals surface area contributed by atoms with Crippen LogP contribution in [0.3, 0.4) is 0 Å². The number of hydrogen-bond acceptors (Lipinski definition) is 4. The predicted octanol–water partition coefficient (Wildman–Crippen LogP) is 3.88. The summed E-state index contributed by atoms with van der Waals surface area (Å²) in [5.74, 6) is -0.105. The maximum absolute atomic E-state index is 12.6. The van der Waals surface area contributed by atoms with Gasteiger partial charge in [0.2, 0.25) is 15.9 Å². The van der Waals surface area contributed by atoms with Crippen molar-refractivity contribution < 1.29 is 13.2 Å². The fourth-order valence-electron chi connectivity index (χ4n) is 3.39. The van der Waals surface area contributed by atoms with E-state index in [1.165, 1.54) is 4.31 Å². The van der Waals surface area contributed by atoms with E-state index in [0.717, 1.165) is 28.8 Å². The van der Waals surface area contributed by atoms with Gasteiger partial charge < -0.3 is 10.6 Å². The molecule has 2 aromatic carbocycles. The van der Waals surface area contributed by atoms with Gasteiger partial charge in [0.15, 0.2) is 0 Å². The van der Waals surface area contributed by atoms with Crippen molar-refractivity contribution >= 4 is 21.6 Å². The predicted molar refractivity (Wildman–Crippen MR) is 122 cm³/mol. The molecule has 0 heterocycles. The van der Waals surface area contributed by atoms with Crippen LogP contribution in [0.4, 0.5) is 5.69 Å². The molecule has 0 saturated carbocycles. The van der Waals surface area contributed by atoms with Crippen molar-refractivity contribution in [1.29, 1.82) is 0 Å². The zero-order valence-electron chi connectivity index (χ0n) is 18.5. The Bertz CT molecular complexity index is 952. The van der Waals surface area contributed by atoms with Crippen LogP contribution in [0, 0.1) is 6.92 Å². The molecule has 164 valence electrons. The number of carbonyl (C=O) groups excluding carboxylic acids is 1. The molecule has 2 rings (SSSR count). The molecule has 0 bridgehead atoms. The fourth-order valence-corrected chi connectivity index (χ4v) is 4.85. The van der Waals surface area contributed by atoms with Gasteiger partial charge in [-0.05, 0) is 49.1 Å². The Morgan fingerprint density at radius 3 is 2.23 bits per heavy atom. The van der Waals surface area contributed by atoms with E-state index >= 15 is 0 Å². The molecule has 2 N–H and O–H groups in total. The SMILES string of the molecule is CCc1cccc(C)c1NC(=O)CN[C@H](C)c1ccc(S(=O)(=O)N(CC)CC)cc1. The molecule has 2 aromatic rings. The summed E-state index contributed by atoms with van der Waals surface area (Å²) in [5, 5.41) is 6.21. The van der Waals surface area contributed by atoms with Crippen LogP contribution in [0.15, 0.2) is 47.4 Å². The highest BCUT2D eigenvalue weighted by Gasteiger charge is 2.21. The molecule has 6 nitrogen and oxygen atoms in total. The van der Waals surface area contributed by atoms with Crippen molar-refractivity contribution in [3.05, 3.63) is 59.2 Å². The zero-order valence-corrected chi connectivity index (χ0v) is 19.3. The van der Waals surface area contributed by atoms with E-state index in [1.54, 1.807) is 24.3 Å². The lowest BCUT2D eigenvalue weighted by molar-refractivity contribution is -0.115. The van der Waals surface area contributed by atoms with Crippen LogP contribution in [0.2, 0.25) is 0 Å². The monoisotopic (exact) mass is 431 g/mol. The number of aryl methyl sites for hydroxylation is 2. The minimum Gasteiger partial charge on any atom is -0.324 e. The molecular formula is C23H33N3O3S. The van der Waals surface area contributed by atoms with Gasteiger partial charge in [-0.1, -0.05) is 51.1 Å². The molecular weight excluding hydrogens is 398 g/mol. The molecule has 1 atom stereocenters. The summed E-state index contributed by atoms with van der Waals surface area (Å²) in [7, 11) is -3.47. The number of para-hydroxylation sites is 1. The first-order chi connectivity index (χ1) is 14.2. The van der Waals surface area contributed by atoms with Crippen molar-refractivity contribution in [2.24, 2.45) is 0 Å². The Kier molecular flexibility index (Phi) is 8.58. The van der Waals surface area contributed by atoms with Gasteiger partial charge in [0.05, 0.1) is 11.4 Å². The minimum atomic E-state index is -3.47. The number of sulfonamides is 1. The molecule has 0 aliphatic carbocycles. The van der Waals surface area contributed by atoms with Crippen molar-refractivity contribution in [1.82, 2.24) is 9.62 Å². The lowest BCUT2D eigenvalue weighted by Gasteiger charge is -2.19. The average Bonchev–Trinajstić information content (AvgIpc) is 2.74. The summed E-state index contributed by atoms with van der Waals surface area (Å²) >= 11 is 0. The molecule has 0 spiro atoms. The summed E-state index contributed by atoms with van der Waals surface area (Å²) in [4.78, 5) is 12.7. The van der Waals surface area contributed by atoms with Crippen LogP contribution in [0.5, 0.6) is 0 Å². The highest BCUT2D eigenvalue weighted by atomic mass is 32.2. The summed E-state index contributed by atoms with van der Waals surface area (Å²) in [6.07, 6.45) is 0.851. The van der Waals surface area contributed by atoms with Gasteiger partial charge in [0.25, 0.3) is 0 Å². The van der Waals surface area contributed by atoms with Crippen molar-refractivity contribution in [3.63, 3.8) is 0 Å². The second kappa shape index (κ2) is 10.7. The largest absolute Gasteiger partial charge is 0.324 e. The number of rotatable bonds is 10. The number of benzene rings is 2. The van der Waals surface area contributed by atoms with Crippen LogP contribution >= 0.6 is 0 Å². The lowest BCUT2D eigenvalue weighted by atomic mass is 10.1. The topological polar surface area (TPSA) is 78.5 Å². The molecule has 0 fully saturated rings. The maximum atomic E-state index is 12.6. The van der Waals surface area contributed by atoms with E-state index in [0.29, 0.717) is 13.1 Å². The highest BCUT2D eigenvalue weighted by molar-refractivity contribution is 7.89. The van der Waals surface area contributed by atoms with Crippen LogP contribution in [0.25, 0.3) is 0 Å². The van der Waals surface area contributed by atoms with E-state index in [9.17, 15) is 13.2 Å². The second-order valence-electron chi connectivity index (χ2n) is 7.27. The summed E-state index contributed by atoms with van der Waals surface area (Å²) in [5.41, 5.74) is 3.96. The molecule has 0 aliphatic heterocycles. The van der Waals surface area contributed by atoms with Crippen LogP contribution in [-0.2, 0) is 21.2 Å². The number of carbonyl (C=O) groups is 1. The van der Waals surface area contributed by atoms with E-state index in [2.05, 4.69) is 17.6 Å². The maximum Gasteiger partial charge on any atom is 0.243 e. The second-order valence-corrected chi connectivity index (χ2v) is 9.21. The number of anilines is 1. The molecule has 1 amide bonds. The minimum absolute atomic E-state index is 0.0940. The third-order valence-corrected chi connectivity index (χ3v) is 7.36. The van der Waals surface area contributed by atoms with E-state index < -0.39 is 10.0 Å². The number of nitrogens with one attached hydrogen (secondary N) is 2.